The molecule has 0 saturated heterocycles. The van der Waals surface area contributed by atoms with E-state index in [-0.39, 0.29) is 0 Å². The lowest BCUT2D eigenvalue weighted by atomic mass is 10.0. The molecule has 0 saturated carbocycles. The number of aryl methyl sites for hydroxylation is 2. The Hall–Kier alpha value is -1.36. The first-order chi connectivity index (χ1) is 6.86. The fraction of sp³-hybridized carbons (Fsp3) is 0.600. The van der Waals surface area contributed by atoms with Gasteiger partial charge in [-0.1, -0.05) is 6.92 Å². The second-order valence-corrected chi connectivity index (χ2v) is 4.06. The lowest BCUT2D eigenvalue weighted by Crippen LogP contribution is -2.52. The summed E-state index contributed by atoms with van der Waals surface area (Å²) in [7, 11) is 0. The van der Waals surface area contributed by atoms with E-state index < -0.39 is 11.4 Å². The molecule has 0 radical (unpaired) electrons. The van der Waals surface area contributed by atoms with Gasteiger partial charge in [-0.15, -0.1) is 0 Å². The molecule has 0 aliphatic rings. The number of hydrogen-bond acceptors (Lipinski definition) is 3. The van der Waals surface area contributed by atoms with Crippen molar-refractivity contribution in [2.75, 3.05) is 0 Å². The Kier molecular flexibility index (Phi) is 3.14. The first-order valence-corrected chi connectivity index (χ1v) is 4.98. The molecule has 1 rings (SSSR count). The van der Waals surface area contributed by atoms with Gasteiger partial charge in [-0.2, -0.15) is 0 Å². The van der Waals surface area contributed by atoms with Crippen LogP contribution in [0.1, 0.15) is 25.4 Å². The summed E-state index contributed by atoms with van der Waals surface area (Å²) in [5, 5.41) is 0. The molecule has 0 fully saturated rings. The molecule has 1 heterocycles. The number of primary amides is 1. The molecule has 0 aliphatic heterocycles. The van der Waals surface area contributed by atoms with Gasteiger partial charge in [0.2, 0.25) is 5.91 Å². The van der Waals surface area contributed by atoms with Crippen LogP contribution in [0, 0.1) is 6.92 Å². The monoisotopic (exact) mass is 210 g/mol. The van der Waals surface area contributed by atoms with E-state index in [0.29, 0.717) is 6.54 Å². The Bertz CT molecular complexity index is 367. The van der Waals surface area contributed by atoms with Crippen molar-refractivity contribution in [2.45, 2.75) is 39.3 Å². The Balaban J connectivity index is 2.93. The van der Waals surface area contributed by atoms with E-state index in [9.17, 15) is 4.79 Å². The number of amides is 1. The fourth-order valence-electron chi connectivity index (χ4n) is 1.45. The van der Waals surface area contributed by atoms with Crippen molar-refractivity contribution in [1.82, 2.24) is 9.55 Å². The van der Waals surface area contributed by atoms with E-state index in [1.54, 1.807) is 6.92 Å². The summed E-state index contributed by atoms with van der Waals surface area (Å²) < 4.78 is 1.89. The fourth-order valence-corrected chi connectivity index (χ4v) is 1.45. The van der Waals surface area contributed by atoms with Crippen LogP contribution < -0.4 is 11.5 Å². The van der Waals surface area contributed by atoms with Gasteiger partial charge in [0.1, 0.15) is 11.4 Å². The van der Waals surface area contributed by atoms with Crippen molar-refractivity contribution in [3.8, 4) is 0 Å². The molecular formula is C10H18N4O. The second-order valence-electron chi connectivity index (χ2n) is 4.06. The number of rotatable bonds is 4. The molecule has 84 valence electrons. The molecule has 0 aliphatic carbocycles. The lowest BCUT2D eigenvalue weighted by molar-refractivity contribution is -0.123. The zero-order valence-electron chi connectivity index (χ0n) is 9.45. The molecule has 1 atom stereocenters. The number of nitrogens with two attached hydrogens (primary N) is 2. The third kappa shape index (κ3) is 2.56. The highest BCUT2D eigenvalue weighted by molar-refractivity contribution is 5.83. The summed E-state index contributed by atoms with van der Waals surface area (Å²) >= 11 is 0. The van der Waals surface area contributed by atoms with Gasteiger partial charge in [-0.25, -0.2) is 4.98 Å². The summed E-state index contributed by atoms with van der Waals surface area (Å²) in [6.45, 7) is 5.92. The average Bonchev–Trinajstić information content (AvgIpc) is 2.44. The minimum absolute atomic E-state index is 0.367. The topological polar surface area (TPSA) is 86.9 Å². The zero-order chi connectivity index (χ0) is 11.6. The normalized spacial score (nSPS) is 14.9. The van der Waals surface area contributed by atoms with Crippen LogP contribution in [0.25, 0.3) is 0 Å². The van der Waals surface area contributed by atoms with E-state index in [1.807, 2.05) is 24.6 Å². The lowest BCUT2D eigenvalue weighted by Gasteiger charge is -2.21. The van der Waals surface area contributed by atoms with Gasteiger partial charge in [0.25, 0.3) is 0 Å². The van der Waals surface area contributed by atoms with Gasteiger partial charge in [0.05, 0.1) is 12.2 Å². The first kappa shape index (κ1) is 11.7. The number of imidazole rings is 1. The van der Waals surface area contributed by atoms with E-state index in [4.69, 9.17) is 11.5 Å². The van der Waals surface area contributed by atoms with Crippen LogP contribution in [0.5, 0.6) is 0 Å². The van der Waals surface area contributed by atoms with Gasteiger partial charge in [-0.05, 0) is 13.8 Å². The maximum Gasteiger partial charge on any atom is 0.239 e. The number of nitrogens with zero attached hydrogens (tertiary/aromatic N) is 2. The van der Waals surface area contributed by atoms with E-state index >= 15 is 0 Å². The summed E-state index contributed by atoms with van der Waals surface area (Å²) in [5.41, 5.74) is 10.9. The number of aromatic nitrogens is 2. The van der Waals surface area contributed by atoms with Crippen LogP contribution in [0.2, 0.25) is 0 Å². The molecule has 0 bridgehead atoms. The third-order valence-corrected chi connectivity index (χ3v) is 2.36. The summed E-state index contributed by atoms with van der Waals surface area (Å²) in [6.07, 6.45) is 2.69. The first-order valence-electron chi connectivity index (χ1n) is 4.98. The van der Waals surface area contributed by atoms with Crippen LogP contribution in [0.3, 0.4) is 0 Å². The molecule has 5 nitrogen and oxygen atoms in total. The largest absolute Gasteiger partial charge is 0.368 e. The van der Waals surface area contributed by atoms with Crippen molar-refractivity contribution in [1.29, 1.82) is 0 Å². The Morgan fingerprint density at radius 3 is 2.73 bits per heavy atom. The highest BCUT2D eigenvalue weighted by atomic mass is 16.1. The maximum absolute atomic E-state index is 11.1. The van der Waals surface area contributed by atoms with E-state index in [0.717, 1.165) is 17.9 Å². The predicted molar refractivity (Wildman–Crippen MR) is 58.1 cm³/mol. The Morgan fingerprint density at radius 1 is 1.67 bits per heavy atom. The predicted octanol–water partition coefficient (Wildman–Crippen LogP) is -0.0434. The van der Waals surface area contributed by atoms with Crippen molar-refractivity contribution >= 4 is 5.91 Å². The number of carbonyl (C=O) groups excluding carboxylic acids is 1. The van der Waals surface area contributed by atoms with Gasteiger partial charge < -0.3 is 16.0 Å². The second kappa shape index (κ2) is 4.02. The molecule has 1 amide bonds. The summed E-state index contributed by atoms with van der Waals surface area (Å²) in [6, 6.07) is 0. The molecular weight excluding hydrogens is 192 g/mol. The molecule has 0 aromatic carbocycles. The Morgan fingerprint density at radius 2 is 2.27 bits per heavy atom. The van der Waals surface area contributed by atoms with Crippen LogP contribution >= 0.6 is 0 Å². The van der Waals surface area contributed by atoms with Crippen molar-refractivity contribution < 1.29 is 4.79 Å². The number of carbonyl (C=O) groups is 1. The van der Waals surface area contributed by atoms with E-state index in [2.05, 4.69) is 4.98 Å². The van der Waals surface area contributed by atoms with Gasteiger partial charge in [0, 0.05) is 12.6 Å². The van der Waals surface area contributed by atoms with Gasteiger partial charge in [0.15, 0.2) is 0 Å². The van der Waals surface area contributed by atoms with Gasteiger partial charge >= 0.3 is 0 Å². The number of hydrogen-bond donors (Lipinski definition) is 2. The zero-order valence-corrected chi connectivity index (χ0v) is 9.45. The molecule has 4 N–H and O–H groups in total. The smallest absolute Gasteiger partial charge is 0.239 e. The quantitative estimate of drug-likeness (QED) is 0.730. The van der Waals surface area contributed by atoms with Crippen molar-refractivity contribution in [2.24, 2.45) is 11.5 Å². The molecule has 15 heavy (non-hydrogen) atoms. The molecule has 1 aromatic heterocycles. The Labute approximate surface area is 89.5 Å². The summed E-state index contributed by atoms with van der Waals surface area (Å²) in [5.74, 6) is 0.418. The van der Waals surface area contributed by atoms with Crippen molar-refractivity contribution in [3.63, 3.8) is 0 Å². The van der Waals surface area contributed by atoms with Crippen molar-refractivity contribution in [3.05, 3.63) is 17.7 Å². The van der Waals surface area contributed by atoms with Crippen LogP contribution in [-0.2, 0) is 17.8 Å². The van der Waals surface area contributed by atoms with Gasteiger partial charge in [-0.3, -0.25) is 4.79 Å². The SMILES string of the molecule is CCc1nc(C)cn1CC(C)(N)C(N)=O. The molecule has 1 unspecified atom stereocenters. The maximum atomic E-state index is 11.1. The highest BCUT2D eigenvalue weighted by Crippen LogP contribution is 2.09. The highest BCUT2D eigenvalue weighted by Gasteiger charge is 2.27. The van der Waals surface area contributed by atoms with E-state index in [1.165, 1.54) is 0 Å². The summed E-state index contributed by atoms with van der Waals surface area (Å²) in [4.78, 5) is 15.4. The minimum Gasteiger partial charge on any atom is -0.368 e. The minimum atomic E-state index is -1.03. The third-order valence-electron chi connectivity index (χ3n) is 2.36. The average molecular weight is 210 g/mol. The van der Waals surface area contributed by atoms with Crippen LogP contribution in [-0.4, -0.2) is 21.0 Å². The molecule has 0 spiro atoms. The van der Waals surface area contributed by atoms with Crippen LogP contribution in [0.15, 0.2) is 6.20 Å². The standard InChI is InChI=1S/C10H18N4O/c1-4-8-13-7(2)5-14(8)6-10(3,12)9(11)15/h5H,4,6,12H2,1-3H3,(H2,11,15). The molecule has 5 heteroatoms. The molecule has 1 aromatic rings. The van der Waals surface area contributed by atoms with Crippen LogP contribution in [0.4, 0.5) is 0 Å².